The van der Waals surface area contributed by atoms with Crippen LogP contribution >= 0.6 is 0 Å². The van der Waals surface area contributed by atoms with E-state index in [-0.39, 0.29) is 74.3 Å². The molecule has 0 bridgehead atoms. The number of phenols is 1. The number of nitrogens with zero attached hydrogens (tertiary/aromatic N) is 4. The molecule has 23 nitrogen and oxygen atoms in total. The zero-order chi connectivity index (χ0) is 64.4. The van der Waals surface area contributed by atoms with E-state index in [9.17, 15) is 24.9 Å². The first-order valence-corrected chi connectivity index (χ1v) is 33.9. The smallest absolute Gasteiger partial charge is 0.407 e. The van der Waals surface area contributed by atoms with Crippen LogP contribution in [0.25, 0.3) is 0 Å². The van der Waals surface area contributed by atoms with E-state index in [0.29, 0.717) is 59.0 Å². The van der Waals surface area contributed by atoms with Gasteiger partial charge in [0.1, 0.15) is 30.3 Å². The minimum absolute atomic E-state index is 0.0406. The number of aliphatic hydroxyl groups excluding tert-OH is 3. The lowest BCUT2D eigenvalue weighted by atomic mass is 10.0. The second-order valence-electron chi connectivity index (χ2n) is 25.4. The van der Waals surface area contributed by atoms with Crippen molar-refractivity contribution in [1.29, 1.82) is 0 Å². The average Bonchev–Trinajstić information content (AvgIpc) is 1.98. The third kappa shape index (κ3) is 23.1. The van der Waals surface area contributed by atoms with Crippen molar-refractivity contribution in [2.24, 2.45) is 11.8 Å². The van der Waals surface area contributed by atoms with Crippen molar-refractivity contribution in [2.45, 2.75) is 151 Å². The highest BCUT2D eigenvalue weighted by atomic mass is 16.7. The molecule has 0 aromatic heterocycles. The fourth-order valence-corrected chi connectivity index (χ4v) is 13.2. The Morgan fingerprint density at radius 2 is 0.957 bits per heavy atom. The van der Waals surface area contributed by atoms with E-state index in [4.69, 9.17) is 57.4 Å². The van der Waals surface area contributed by atoms with Gasteiger partial charge in [0.2, 0.25) is 0 Å². The molecule has 10 atom stereocenters. The molecule has 6 heterocycles. The first-order chi connectivity index (χ1) is 45.5. The Kier molecular flexibility index (Phi) is 28.4. The van der Waals surface area contributed by atoms with E-state index in [1.54, 1.807) is 17.2 Å². The van der Waals surface area contributed by atoms with E-state index in [0.717, 1.165) is 158 Å². The zero-order valence-electron chi connectivity index (χ0n) is 53.8. The third-order valence-corrected chi connectivity index (χ3v) is 18.5. The summed E-state index contributed by atoms with van der Waals surface area (Å²) in [6.45, 7) is 12.8. The van der Waals surface area contributed by atoms with Gasteiger partial charge in [-0.1, -0.05) is 111 Å². The van der Waals surface area contributed by atoms with Crippen LogP contribution in [0.1, 0.15) is 86.5 Å². The van der Waals surface area contributed by atoms with Gasteiger partial charge in [-0.15, -0.1) is 0 Å². The second-order valence-corrected chi connectivity index (χ2v) is 25.4. The van der Waals surface area contributed by atoms with Gasteiger partial charge < -0.3 is 73.7 Å². The topological polar surface area (TPSA) is 254 Å². The standard InChI is InChI=1S/C35H49N3O8.C29H38N2O7.C6H13NO2/c39-32(31(22-26-6-2-1-3-7-26)36-35(40)45-33-25-44-34-30(33)14-18-43-34)24-38(46-29-8-4-5-9-29)23-27-10-12-28(13-11-27)42-21-17-37-15-19-41-20-16-37;32-22-12-10-21(11-13-22)17-31(38-23-8-4-5-9-23)18-26(33)25(16-20-6-2-1-3-7-20)30-29(34)37-27-19-36-28-24(27)14-15-35-28;8-4-1-7-2-5-9-6-3-7/h1-3,6-7,10-13,29-34,39H,4-5,8-9,14-25H2,(H,36,40);1-3,6-7,10-13,23-28,32-33H,4-5,8-9,14-19H2,(H,30,34);8H,1-6H2. The average molecular weight is 1300 g/mol. The normalized spacial score (nSPS) is 24.7. The summed E-state index contributed by atoms with van der Waals surface area (Å²) in [5.41, 5.74) is 4.00. The molecule has 6 N–H and O–H groups in total. The van der Waals surface area contributed by atoms with E-state index >= 15 is 0 Å². The molecule has 10 unspecified atom stereocenters. The highest BCUT2D eigenvalue weighted by molar-refractivity contribution is 5.68. The zero-order valence-corrected chi connectivity index (χ0v) is 53.8. The second kappa shape index (κ2) is 37.6. The maximum absolute atomic E-state index is 13.1. The molecule has 4 aromatic carbocycles. The van der Waals surface area contributed by atoms with Crippen LogP contribution in [0.3, 0.4) is 0 Å². The Balaban J connectivity index is 0.000000181. The molecule has 512 valence electrons. The first-order valence-electron chi connectivity index (χ1n) is 33.9. The van der Waals surface area contributed by atoms with Gasteiger partial charge in [-0.3, -0.25) is 19.5 Å². The van der Waals surface area contributed by atoms with Gasteiger partial charge in [0.25, 0.3) is 0 Å². The van der Waals surface area contributed by atoms with E-state index in [1.165, 1.54) is 0 Å². The number of aliphatic hydroxyl groups is 3. The number of alkyl carbamates (subject to hydrolysis) is 2. The Hall–Kier alpha value is -5.58. The number of hydrogen-bond acceptors (Lipinski definition) is 21. The predicted molar refractivity (Wildman–Crippen MR) is 343 cm³/mol. The van der Waals surface area contributed by atoms with Crippen molar-refractivity contribution in [1.82, 2.24) is 30.6 Å². The number of hydroxylamine groups is 4. The maximum atomic E-state index is 13.1. The van der Waals surface area contributed by atoms with E-state index < -0.39 is 36.5 Å². The van der Waals surface area contributed by atoms with Gasteiger partial charge in [-0.25, -0.2) is 9.59 Å². The van der Waals surface area contributed by atoms with Crippen molar-refractivity contribution in [3.05, 3.63) is 131 Å². The Morgan fingerprint density at radius 1 is 0.527 bits per heavy atom. The van der Waals surface area contributed by atoms with Crippen molar-refractivity contribution in [2.75, 3.05) is 118 Å². The Labute approximate surface area is 547 Å². The minimum atomic E-state index is -0.927. The van der Waals surface area contributed by atoms with Crippen LogP contribution in [0, 0.1) is 11.8 Å². The molecule has 4 aromatic rings. The molecular weight excluding hydrogens is 1200 g/mol. The molecule has 12 rings (SSSR count). The highest BCUT2D eigenvalue weighted by Crippen LogP contribution is 2.35. The summed E-state index contributed by atoms with van der Waals surface area (Å²) in [5, 5.41) is 50.8. The molecule has 6 aliphatic heterocycles. The summed E-state index contributed by atoms with van der Waals surface area (Å²) in [6.07, 6.45) is 6.86. The number of morpholine rings is 2. The van der Waals surface area contributed by atoms with E-state index in [1.807, 2.05) is 102 Å². The van der Waals surface area contributed by atoms with Gasteiger partial charge in [-0.2, -0.15) is 10.1 Å². The molecule has 6 saturated heterocycles. The van der Waals surface area contributed by atoms with Crippen molar-refractivity contribution < 1.29 is 82.3 Å². The predicted octanol–water partition coefficient (Wildman–Crippen LogP) is 6.37. The third-order valence-electron chi connectivity index (χ3n) is 18.5. The quantitative estimate of drug-likeness (QED) is 0.0338. The van der Waals surface area contributed by atoms with Crippen molar-refractivity contribution in [3.63, 3.8) is 0 Å². The number of fused-ring (bicyclic) bond motifs is 2. The Bertz CT molecular complexity index is 2740. The summed E-state index contributed by atoms with van der Waals surface area (Å²) in [4.78, 5) is 43.4. The summed E-state index contributed by atoms with van der Waals surface area (Å²) < 4.78 is 50.4. The lowest BCUT2D eigenvalue weighted by molar-refractivity contribution is -0.214. The Morgan fingerprint density at radius 3 is 1.40 bits per heavy atom. The fourth-order valence-electron chi connectivity index (χ4n) is 13.2. The minimum Gasteiger partial charge on any atom is -0.508 e. The van der Waals surface area contributed by atoms with Gasteiger partial charge in [0, 0.05) is 52.4 Å². The largest absolute Gasteiger partial charge is 0.508 e. The SMILES string of the molecule is O=C(NC(Cc1ccccc1)C(O)CN(Cc1ccc(O)cc1)OC1CCCC1)OC1COC2OCCC12.O=C(NC(Cc1ccccc1)C(O)CN(Cc1ccc(OCCN2CCOCC2)cc1)OC1CCCC1)OC1COC2OCCC12.OCCN1CCOCC1. The number of aromatic hydroxyl groups is 1. The van der Waals surface area contributed by atoms with Crippen molar-refractivity contribution in [3.8, 4) is 11.5 Å². The summed E-state index contributed by atoms with van der Waals surface area (Å²) >= 11 is 0. The van der Waals surface area contributed by atoms with Crippen LogP contribution in [-0.2, 0) is 73.5 Å². The van der Waals surface area contributed by atoms with Crippen LogP contribution in [0.4, 0.5) is 9.59 Å². The highest BCUT2D eigenvalue weighted by Gasteiger charge is 2.45. The molecule has 2 amide bonds. The maximum Gasteiger partial charge on any atom is 0.407 e. The van der Waals surface area contributed by atoms with Crippen LogP contribution in [0.2, 0.25) is 0 Å². The number of carbonyl (C=O) groups excluding carboxylic acids is 2. The number of amides is 2. The van der Waals surface area contributed by atoms with Crippen LogP contribution < -0.4 is 15.4 Å². The number of β-amino-alcohol motifs (C(OH)–C–C–N with tert-alkyl or cyclic N) is 1. The number of phenolic OH excluding ortho intramolecular Hbond substituents is 1. The van der Waals surface area contributed by atoms with Crippen LogP contribution in [0.15, 0.2) is 109 Å². The number of hydrogen-bond donors (Lipinski definition) is 6. The summed E-state index contributed by atoms with van der Waals surface area (Å²) in [6, 6.07) is 33.4. The molecular formula is C70H100N6O17. The van der Waals surface area contributed by atoms with E-state index in [2.05, 4.69) is 20.4 Å². The molecule has 2 saturated carbocycles. The lowest BCUT2D eigenvalue weighted by Gasteiger charge is -2.31. The van der Waals surface area contributed by atoms with Crippen LogP contribution in [0.5, 0.6) is 11.5 Å². The lowest BCUT2D eigenvalue weighted by Crippen LogP contribution is -2.50. The number of rotatable bonds is 28. The van der Waals surface area contributed by atoms with Gasteiger partial charge in [0.15, 0.2) is 12.6 Å². The molecule has 93 heavy (non-hydrogen) atoms. The molecule has 0 radical (unpaired) electrons. The fraction of sp³-hybridized carbons (Fsp3) is 0.629. The number of carbonyl (C=O) groups is 2. The summed E-state index contributed by atoms with van der Waals surface area (Å²) in [7, 11) is 0. The molecule has 8 aliphatic rings. The monoisotopic (exact) mass is 1300 g/mol. The first kappa shape index (κ1) is 70.2. The molecule has 0 spiro atoms. The number of ether oxygens (including phenoxy) is 9. The number of benzene rings is 4. The van der Waals surface area contributed by atoms with Crippen LogP contribution in [-0.4, -0.2) is 232 Å². The van der Waals surface area contributed by atoms with Gasteiger partial charge in [0.05, 0.1) is 121 Å². The van der Waals surface area contributed by atoms with Gasteiger partial charge >= 0.3 is 12.2 Å². The van der Waals surface area contributed by atoms with Crippen molar-refractivity contribution >= 4 is 12.2 Å². The van der Waals surface area contributed by atoms with Gasteiger partial charge in [-0.05, 0) is 97.9 Å². The summed E-state index contributed by atoms with van der Waals surface area (Å²) in [5.74, 6) is 1.11. The number of nitrogens with one attached hydrogen (secondary N) is 2. The molecule has 23 heteroatoms. The molecule has 2 aliphatic carbocycles. The molecule has 8 fully saturated rings.